The zero-order chi connectivity index (χ0) is 9.61. The van der Waals surface area contributed by atoms with Gasteiger partial charge in [0.05, 0.1) is 12.6 Å². The fourth-order valence-electron chi connectivity index (χ4n) is 1.06. The molecule has 70 valence electrons. The molecule has 0 aliphatic rings. The molecule has 0 amide bonds. The van der Waals surface area contributed by atoms with Gasteiger partial charge in [0.1, 0.15) is 0 Å². The standard InChI is InChI=1S/C8H16N2S2/c1-3-8(6-11,7-12)10(2)5-4-9/h11-12H,3,5-7H2,1-2H3. The van der Waals surface area contributed by atoms with Gasteiger partial charge in [0.2, 0.25) is 0 Å². The average Bonchev–Trinajstić information content (AvgIpc) is 2.09. The van der Waals surface area contributed by atoms with Gasteiger partial charge in [-0.2, -0.15) is 30.5 Å². The lowest BCUT2D eigenvalue weighted by atomic mass is 9.99. The van der Waals surface area contributed by atoms with Gasteiger partial charge < -0.3 is 0 Å². The highest BCUT2D eigenvalue weighted by Gasteiger charge is 2.29. The first-order valence-electron chi connectivity index (χ1n) is 3.96. The number of thiol groups is 2. The number of nitriles is 1. The molecule has 0 aromatic carbocycles. The molecule has 0 aromatic rings. The molecule has 0 aliphatic carbocycles. The summed E-state index contributed by atoms with van der Waals surface area (Å²) >= 11 is 8.59. The SMILES string of the molecule is CCC(CS)(CS)N(C)CC#N. The number of hydrogen-bond acceptors (Lipinski definition) is 4. The minimum absolute atomic E-state index is 0.0258. The highest BCUT2D eigenvalue weighted by Crippen LogP contribution is 2.21. The van der Waals surface area contributed by atoms with Gasteiger partial charge in [-0.05, 0) is 13.5 Å². The van der Waals surface area contributed by atoms with Crippen LogP contribution in [0.2, 0.25) is 0 Å². The van der Waals surface area contributed by atoms with Gasteiger partial charge in [0.25, 0.3) is 0 Å². The van der Waals surface area contributed by atoms with Crippen LogP contribution in [-0.2, 0) is 0 Å². The van der Waals surface area contributed by atoms with Crippen LogP contribution in [0.5, 0.6) is 0 Å². The summed E-state index contributed by atoms with van der Waals surface area (Å²) in [6, 6.07) is 2.13. The normalized spacial score (nSPS) is 11.7. The van der Waals surface area contributed by atoms with Crippen LogP contribution < -0.4 is 0 Å². The van der Waals surface area contributed by atoms with Crippen LogP contribution >= 0.6 is 25.3 Å². The molecule has 2 nitrogen and oxygen atoms in total. The molecular formula is C8H16N2S2. The number of nitrogens with zero attached hydrogens (tertiary/aromatic N) is 2. The van der Waals surface area contributed by atoms with Crippen molar-refractivity contribution in [1.29, 1.82) is 5.26 Å². The van der Waals surface area contributed by atoms with Crippen LogP contribution in [0, 0.1) is 11.3 Å². The molecule has 0 radical (unpaired) electrons. The highest BCUT2D eigenvalue weighted by atomic mass is 32.1. The molecule has 12 heavy (non-hydrogen) atoms. The van der Waals surface area contributed by atoms with Crippen LogP contribution in [0.15, 0.2) is 0 Å². The predicted octanol–water partition coefficient (Wildman–Crippen LogP) is 1.45. The Bertz CT molecular complexity index is 153. The lowest BCUT2D eigenvalue weighted by Crippen LogP contribution is -2.49. The van der Waals surface area contributed by atoms with Gasteiger partial charge in [-0.15, -0.1) is 0 Å². The minimum Gasteiger partial charge on any atom is -0.286 e. The number of hydrogen-bond donors (Lipinski definition) is 2. The van der Waals surface area contributed by atoms with E-state index in [1.807, 2.05) is 11.9 Å². The predicted molar refractivity (Wildman–Crippen MR) is 59.0 cm³/mol. The Kier molecular flexibility index (Phi) is 5.81. The summed E-state index contributed by atoms with van der Waals surface area (Å²) in [6.07, 6.45) is 0.970. The second-order valence-corrected chi connectivity index (χ2v) is 3.54. The molecule has 0 heterocycles. The molecule has 0 N–H and O–H groups in total. The largest absolute Gasteiger partial charge is 0.286 e. The van der Waals surface area contributed by atoms with Crippen LogP contribution in [0.3, 0.4) is 0 Å². The van der Waals surface area contributed by atoms with Gasteiger partial charge in [-0.3, -0.25) is 4.90 Å². The molecule has 0 aliphatic heterocycles. The Morgan fingerprint density at radius 3 is 2.17 bits per heavy atom. The molecule has 0 saturated heterocycles. The van der Waals surface area contributed by atoms with E-state index in [9.17, 15) is 0 Å². The van der Waals surface area contributed by atoms with E-state index in [2.05, 4.69) is 38.3 Å². The zero-order valence-corrected chi connectivity index (χ0v) is 9.41. The van der Waals surface area contributed by atoms with E-state index in [1.54, 1.807) is 0 Å². The Labute approximate surface area is 85.8 Å². The monoisotopic (exact) mass is 204 g/mol. The van der Waals surface area contributed by atoms with Crippen LogP contribution in [0.1, 0.15) is 13.3 Å². The first-order valence-corrected chi connectivity index (χ1v) is 5.23. The molecule has 0 fully saturated rings. The molecule has 0 aromatic heterocycles. The fourth-order valence-corrected chi connectivity index (χ4v) is 2.39. The quantitative estimate of drug-likeness (QED) is 0.524. The molecule has 0 unspecified atom stereocenters. The van der Waals surface area contributed by atoms with E-state index in [0.29, 0.717) is 6.54 Å². The van der Waals surface area contributed by atoms with Crippen LogP contribution in [0.25, 0.3) is 0 Å². The maximum absolute atomic E-state index is 8.55. The Morgan fingerprint density at radius 2 is 1.92 bits per heavy atom. The second kappa shape index (κ2) is 5.74. The molecule has 0 bridgehead atoms. The maximum Gasteiger partial charge on any atom is 0.0868 e. The lowest BCUT2D eigenvalue weighted by molar-refractivity contribution is 0.182. The Balaban J connectivity index is 4.37. The summed E-state index contributed by atoms with van der Waals surface area (Å²) in [6.45, 7) is 2.54. The topological polar surface area (TPSA) is 27.0 Å². The summed E-state index contributed by atoms with van der Waals surface area (Å²) in [7, 11) is 1.94. The van der Waals surface area contributed by atoms with Crippen molar-refractivity contribution >= 4 is 25.3 Å². The first kappa shape index (κ1) is 12.2. The van der Waals surface area contributed by atoms with Crippen molar-refractivity contribution in [2.24, 2.45) is 0 Å². The molecular weight excluding hydrogens is 188 g/mol. The lowest BCUT2D eigenvalue weighted by Gasteiger charge is -2.37. The van der Waals surface area contributed by atoms with E-state index >= 15 is 0 Å². The average molecular weight is 204 g/mol. The maximum atomic E-state index is 8.55. The van der Waals surface area contributed by atoms with Crippen molar-refractivity contribution in [3.63, 3.8) is 0 Å². The van der Waals surface area contributed by atoms with Crippen molar-refractivity contribution in [3.05, 3.63) is 0 Å². The van der Waals surface area contributed by atoms with Crippen LogP contribution in [-0.4, -0.2) is 35.5 Å². The molecule has 0 atom stereocenters. The molecule has 4 heteroatoms. The van der Waals surface area contributed by atoms with Crippen molar-refractivity contribution in [1.82, 2.24) is 4.90 Å². The third-order valence-electron chi connectivity index (χ3n) is 2.36. The second-order valence-electron chi connectivity index (χ2n) is 2.91. The summed E-state index contributed by atoms with van der Waals surface area (Å²) in [5.74, 6) is 1.48. The Hall–Kier alpha value is 0.150. The van der Waals surface area contributed by atoms with Crippen molar-refractivity contribution in [2.45, 2.75) is 18.9 Å². The van der Waals surface area contributed by atoms with E-state index in [4.69, 9.17) is 5.26 Å². The van der Waals surface area contributed by atoms with E-state index in [0.717, 1.165) is 17.9 Å². The van der Waals surface area contributed by atoms with E-state index in [-0.39, 0.29) is 5.54 Å². The van der Waals surface area contributed by atoms with Crippen molar-refractivity contribution in [3.8, 4) is 6.07 Å². The van der Waals surface area contributed by atoms with E-state index in [1.165, 1.54) is 0 Å². The number of rotatable bonds is 5. The van der Waals surface area contributed by atoms with Gasteiger partial charge in [-0.1, -0.05) is 6.92 Å². The molecule has 0 spiro atoms. The third-order valence-corrected chi connectivity index (χ3v) is 3.54. The summed E-state index contributed by atoms with van der Waals surface area (Å²) in [5.41, 5.74) is -0.0258. The Morgan fingerprint density at radius 1 is 1.42 bits per heavy atom. The zero-order valence-electron chi connectivity index (χ0n) is 7.62. The van der Waals surface area contributed by atoms with Crippen molar-refractivity contribution < 1.29 is 0 Å². The van der Waals surface area contributed by atoms with Gasteiger partial charge in [0.15, 0.2) is 0 Å². The summed E-state index contributed by atoms with van der Waals surface area (Å²) in [5, 5.41) is 8.55. The van der Waals surface area contributed by atoms with E-state index < -0.39 is 0 Å². The smallest absolute Gasteiger partial charge is 0.0868 e. The van der Waals surface area contributed by atoms with Crippen LogP contribution in [0.4, 0.5) is 0 Å². The summed E-state index contributed by atoms with van der Waals surface area (Å²) < 4.78 is 0. The highest BCUT2D eigenvalue weighted by molar-refractivity contribution is 7.81. The van der Waals surface area contributed by atoms with Crippen molar-refractivity contribution in [2.75, 3.05) is 25.1 Å². The van der Waals surface area contributed by atoms with Gasteiger partial charge in [-0.25, -0.2) is 0 Å². The third kappa shape index (κ3) is 2.58. The molecule has 0 rings (SSSR count). The van der Waals surface area contributed by atoms with Gasteiger partial charge >= 0.3 is 0 Å². The van der Waals surface area contributed by atoms with Gasteiger partial charge in [0, 0.05) is 17.0 Å². The first-order chi connectivity index (χ1) is 5.66. The minimum atomic E-state index is -0.0258. The fraction of sp³-hybridized carbons (Fsp3) is 0.875. The molecule has 0 saturated carbocycles. The summed E-state index contributed by atoms with van der Waals surface area (Å²) in [4.78, 5) is 2.02.